The zero-order chi connectivity index (χ0) is 22.4. The molecule has 0 amide bonds. The van der Waals surface area contributed by atoms with Crippen LogP contribution < -0.4 is 4.74 Å². The van der Waals surface area contributed by atoms with Crippen molar-refractivity contribution in [1.29, 1.82) is 0 Å². The van der Waals surface area contributed by atoms with Crippen molar-refractivity contribution in [2.24, 2.45) is 4.40 Å². The predicted molar refractivity (Wildman–Crippen MR) is 120 cm³/mol. The minimum Gasteiger partial charge on any atom is -0.497 e. The topological polar surface area (TPSA) is 85.2 Å². The molecule has 0 spiro atoms. The zero-order valence-corrected chi connectivity index (χ0v) is 18.4. The number of aliphatic hydroxyl groups excluding tert-OH is 1. The van der Waals surface area contributed by atoms with Crippen LogP contribution >= 0.6 is 0 Å². The number of benzene rings is 3. The average molecular weight is 440 g/mol. The van der Waals surface area contributed by atoms with Crippen LogP contribution in [0.1, 0.15) is 28.7 Å². The van der Waals surface area contributed by atoms with Crippen LogP contribution in [0.5, 0.6) is 5.75 Å². The highest BCUT2D eigenvalue weighted by Gasteiger charge is 2.31. The van der Waals surface area contributed by atoms with Gasteiger partial charge in [0, 0.05) is 0 Å². The van der Waals surface area contributed by atoms with Crippen molar-refractivity contribution in [3.05, 3.63) is 95.6 Å². The molecule has 162 valence electrons. The molecule has 3 rings (SSSR count). The second kappa shape index (κ2) is 9.76. The molecule has 2 atom stereocenters. The van der Waals surface area contributed by atoms with Gasteiger partial charge in [-0.3, -0.25) is 0 Å². The molecule has 0 heterocycles. The normalized spacial score (nSPS) is 14.0. The summed E-state index contributed by atoms with van der Waals surface area (Å²) < 4.78 is 40.5. The molecule has 1 N–H and O–H groups in total. The molecule has 3 aromatic carbocycles. The van der Waals surface area contributed by atoms with Crippen molar-refractivity contribution in [2.45, 2.75) is 23.8 Å². The first-order valence-corrected chi connectivity index (χ1v) is 11.1. The fourth-order valence-electron chi connectivity index (χ4n) is 3.22. The Bertz CT molecular complexity index is 1120. The highest BCUT2D eigenvalue weighted by molar-refractivity contribution is 7.90. The molecule has 3 aromatic rings. The molecule has 0 aromatic heterocycles. The third-order valence-corrected chi connectivity index (χ3v) is 6.22. The molecule has 0 aliphatic heterocycles. The van der Waals surface area contributed by atoms with Crippen molar-refractivity contribution in [3.8, 4) is 5.75 Å². The molecule has 0 saturated heterocycles. The Balaban J connectivity index is 2.10. The van der Waals surface area contributed by atoms with Crippen LogP contribution in [0.15, 0.2) is 88.2 Å². The largest absolute Gasteiger partial charge is 0.497 e. The second-order valence-electron chi connectivity index (χ2n) is 7.03. The average Bonchev–Trinajstić information content (AvgIpc) is 2.79. The number of hydrogen-bond donors (Lipinski definition) is 1. The Hall–Kier alpha value is -3.16. The van der Waals surface area contributed by atoms with Gasteiger partial charge in [-0.2, -0.15) is 8.42 Å². The summed E-state index contributed by atoms with van der Waals surface area (Å²) in [5.74, 6) is -0.319. The number of hydrogen-bond acceptors (Lipinski definition) is 5. The molecule has 7 heteroatoms. The van der Waals surface area contributed by atoms with Crippen LogP contribution in [0.2, 0.25) is 0 Å². The van der Waals surface area contributed by atoms with E-state index in [0.29, 0.717) is 16.9 Å². The summed E-state index contributed by atoms with van der Waals surface area (Å²) in [6.45, 7) is 1.87. The molecule has 0 aliphatic rings. The first kappa shape index (κ1) is 22.5. The van der Waals surface area contributed by atoms with Crippen LogP contribution in [0.25, 0.3) is 0 Å². The molecule has 0 radical (unpaired) electrons. The van der Waals surface area contributed by atoms with Gasteiger partial charge in [0.15, 0.2) is 0 Å². The fourth-order valence-corrected chi connectivity index (χ4v) is 4.23. The van der Waals surface area contributed by atoms with Gasteiger partial charge in [0.2, 0.25) is 5.90 Å². The first-order valence-electron chi connectivity index (χ1n) is 9.68. The van der Waals surface area contributed by atoms with E-state index >= 15 is 0 Å². The first-order chi connectivity index (χ1) is 14.9. The van der Waals surface area contributed by atoms with Crippen molar-refractivity contribution >= 4 is 15.9 Å². The van der Waals surface area contributed by atoms with E-state index in [0.717, 1.165) is 5.56 Å². The molecule has 0 unspecified atom stereocenters. The summed E-state index contributed by atoms with van der Waals surface area (Å²) in [7, 11) is -1.14. The maximum atomic E-state index is 12.9. The number of aryl methyl sites for hydroxylation is 1. The van der Waals surface area contributed by atoms with Gasteiger partial charge in [0.1, 0.15) is 5.75 Å². The standard InChI is InChI=1S/C24H25NO5S/c1-17-9-15-21(16-10-17)31(27,28)25-24(30-3)22(18-11-13-20(29-2)14-12-18)23(26)19-7-5-4-6-8-19/h4-16,22-23,26H,1-3H3/b25-24-/t22-,23-/m1/s1. The highest BCUT2D eigenvalue weighted by Crippen LogP contribution is 2.34. The van der Waals surface area contributed by atoms with E-state index < -0.39 is 22.0 Å². The molecular weight excluding hydrogens is 414 g/mol. The third-order valence-electron chi connectivity index (χ3n) is 4.94. The summed E-state index contributed by atoms with van der Waals surface area (Å²) in [6.07, 6.45) is -1.08. The van der Waals surface area contributed by atoms with Crippen LogP contribution in [-0.4, -0.2) is 33.6 Å². The highest BCUT2D eigenvalue weighted by atomic mass is 32.2. The van der Waals surface area contributed by atoms with Crippen LogP contribution in [0.3, 0.4) is 0 Å². The molecule has 0 bridgehead atoms. The van der Waals surface area contributed by atoms with Crippen molar-refractivity contribution in [3.63, 3.8) is 0 Å². The van der Waals surface area contributed by atoms with Gasteiger partial charge in [0.05, 0.1) is 31.1 Å². The minimum absolute atomic E-state index is 0.0512. The van der Waals surface area contributed by atoms with E-state index in [-0.39, 0.29) is 10.8 Å². The summed E-state index contributed by atoms with van der Waals surface area (Å²) in [6, 6.07) is 22.4. The quantitative estimate of drug-likeness (QED) is 0.439. The Labute approximate surface area is 182 Å². The Morgan fingerprint density at radius 1 is 0.871 bits per heavy atom. The van der Waals surface area contributed by atoms with Crippen molar-refractivity contribution < 1.29 is 23.0 Å². The molecule has 31 heavy (non-hydrogen) atoms. The number of aliphatic hydroxyl groups is 1. The van der Waals surface area contributed by atoms with Crippen LogP contribution in [-0.2, 0) is 14.8 Å². The molecular formula is C24H25NO5S. The lowest BCUT2D eigenvalue weighted by Gasteiger charge is -2.24. The zero-order valence-electron chi connectivity index (χ0n) is 17.6. The Kier molecular flexibility index (Phi) is 7.09. The number of nitrogens with zero attached hydrogens (tertiary/aromatic N) is 1. The third kappa shape index (κ3) is 5.31. The van der Waals surface area contributed by atoms with E-state index in [1.165, 1.54) is 19.2 Å². The Morgan fingerprint density at radius 2 is 1.48 bits per heavy atom. The minimum atomic E-state index is -4.04. The number of ether oxygens (including phenoxy) is 2. The van der Waals surface area contributed by atoms with Crippen LogP contribution in [0, 0.1) is 6.92 Å². The maximum Gasteiger partial charge on any atom is 0.285 e. The van der Waals surface area contributed by atoms with E-state index in [2.05, 4.69) is 4.40 Å². The summed E-state index contributed by atoms with van der Waals surface area (Å²) in [5, 5.41) is 11.2. The van der Waals surface area contributed by atoms with Crippen LogP contribution in [0.4, 0.5) is 0 Å². The summed E-state index contributed by atoms with van der Waals surface area (Å²) in [4.78, 5) is 0.0512. The fraction of sp³-hybridized carbons (Fsp3) is 0.208. The van der Waals surface area contributed by atoms with E-state index in [4.69, 9.17) is 9.47 Å². The molecule has 0 fully saturated rings. The maximum absolute atomic E-state index is 12.9. The van der Waals surface area contributed by atoms with Gasteiger partial charge in [-0.25, -0.2) is 0 Å². The van der Waals surface area contributed by atoms with Gasteiger partial charge >= 0.3 is 0 Å². The van der Waals surface area contributed by atoms with E-state index in [9.17, 15) is 13.5 Å². The molecule has 6 nitrogen and oxygen atoms in total. The second-order valence-corrected chi connectivity index (χ2v) is 8.63. The van der Waals surface area contributed by atoms with Gasteiger partial charge in [-0.15, -0.1) is 4.40 Å². The number of sulfonamides is 1. The lowest BCUT2D eigenvalue weighted by molar-refractivity contribution is 0.158. The van der Waals surface area contributed by atoms with E-state index in [1.807, 2.05) is 13.0 Å². The lowest BCUT2D eigenvalue weighted by atomic mass is 9.89. The summed E-state index contributed by atoms with van der Waals surface area (Å²) >= 11 is 0. The number of methoxy groups -OCH3 is 2. The van der Waals surface area contributed by atoms with Gasteiger partial charge in [-0.1, -0.05) is 60.2 Å². The van der Waals surface area contributed by atoms with Gasteiger partial charge in [-0.05, 0) is 42.3 Å². The molecule has 0 saturated carbocycles. The van der Waals surface area contributed by atoms with Gasteiger partial charge in [0.25, 0.3) is 10.0 Å². The number of rotatable bonds is 7. The monoisotopic (exact) mass is 439 g/mol. The lowest BCUT2D eigenvalue weighted by Crippen LogP contribution is -2.23. The smallest absolute Gasteiger partial charge is 0.285 e. The van der Waals surface area contributed by atoms with Gasteiger partial charge < -0.3 is 14.6 Å². The van der Waals surface area contributed by atoms with Crippen molar-refractivity contribution in [2.75, 3.05) is 14.2 Å². The van der Waals surface area contributed by atoms with E-state index in [1.54, 1.807) is 67.8 Å². The molecule has 0 aliphatic carbocycles. The SMILES string of the molecule is CO/C(=N\S(=O)(=O)c1ccc(C)cc1)[C@H](c1ccc(OC)cc1)[C@H](O)c1ccccc1. The Morgan fingerprint density at radius 3 is 2.03 bits per heavy atom. The van der Waals surface area contributed by atoms with Crippen molar-refractivity contribution in [1.82, 2.24) is 0 Å². The summed E-state index contributed by atoms with van der Waals surface area (Å²) in [5.41, 5.74) is 2.18. The predicted octanol–water partition coefficient (Wildman–Crippen LogP) is 4.25.